The smallest absolute Gasteiger partial charge is 0.354 e. The molecule has 0 radical (unpaired) electrons. The first-order valence-electron chi connectivity index (χ1n) is 7.60. The van der Waals surface area contributed by atoms with E-state index in [2.05, 4.69) is 11.9 Å². The molecule has 2 atom stereocenters. The Morgan fingerprint density at radius 3 is 2.78 bits per heavy atom. The molecule has 0 aromatic carbocycles. The van der Waals surface area contributed by atoms with E-state index in [9.17, 15) is 9.59 Å². The van der Waals surface area contributed by atoms with Gasteiger partial charge in [-0.1, -0.05) is 6.92 Å². The van der Waals surface area contributed by atoms with Crippen molar-refractivity contribution in [3.8, 4) is 0 Å². The van der Waals surface area contributed by atoms with Crippen LogP contribution in [0.5, 0.6) is 0 Å². The summed E-state index contributed by atoms with van der Waals surface area (Å²) in [5.41, 5.74) is 0.317. The highest BCUT2D eigenvalue weighted by atomic mass is 16.4. The number of aromatic carboxylic acids is 1. The number of aromatic nitrogens is 1. The van der Waals surface area contributed by atoms with Crippen LogP contribution in [-0.2, 0) is 0 Å². The second-order valence-corrected chi connectivity index (χ2v) is 5.90. The Bertz CT molecular complexity index is 694. The van der Waals surface area contributed by atoms with Crippen LogP contribution < -0.4 is 0 Å². The van der Waals surface area contributed by atoms with Crippen molar-refractivity contribution >= 4 is 11.9 Å². The summed E-state index contributed by atoms with van der Waals surface area (Å²) in [4.78, 5) is 29.3. The number of amides is 1. The molecule has 2 aromatic heterocycles. The lowest BCUT2D eigenvalue weighted by Gasteiger charge is -2.37. The summed E-state index contributed by atoms with van der Waals surface area (Å²) in [6.07, 6.45) is 4.72. The molecule has 3 rings (SSSR count). The molecule has 6 heteroatoms. The third kappa shape index (κ3) is 3.11. The van der Waals surface area contributed by atoms with E-state index in [1.165, 1.54) is 18.3 Å². The molecule has 0 unspecified atom stereocenters. The molecule has 1 aliphatic heterocycles. The van der Waals surface area contributed by atoms with Crippen molar-refractivity contribution in [3.63, 3.8) is 0 Å². The maximum absolute atomic E-state index is 12.8. The second kappa shape index (κ2) is 6.24. The van der Waals surface area contributed by atoms with Gasteiger partial charge in [-0.15, -0.1) is 0 Å². The van der Waals surface area contributed by atoms with Gasteiger partial charge in [-0.2, -0.15) is 0 Å². The van der Waals surface area contributed by atoms with Crippen molar-refractivity contribution in [3.05, 3.63) is 53.7 Å². The first-order chi connectivity index (χ1) is 11.1. The van der Waals surface area contributed by atoms with E-state index < -0.39 is 5.97 Å². The van der Waals surface area contributed by atoms with Gasteiger partial charge in [0.2, 0.25) is 0 Å². The normalized spacial score (nSPS) is 21.2. The standard InChI is InChI=1S/C17H18N2O4/c1-11-6-7-19(14(9-11)15-3-2-8-23-15)16(20)12-4-5-13(17(21)22)18-10-12/h2-5,8,10-11,14H,6-7,9H2,1H3,(H,21,22)/t11-,14-/m1/s1. The Morgan fingerprint density at radius 2 is 2.17 bits per heavy atom. The topological polar surface area (TPSA) is 83.6 Å². The molecule has 1 aliphatic rings. The number of piperidine rings is 1. The number of carboxylic acids is 1. The minimum atomic E-state index is -1.11. The Morgan fingerprint density at radius 1 is 1.35 bits per heavy atom. The van der Waals surface area contributed by atoms with Crippen LogP contribution in [0.3, 0.4) is 0 Å². The average molecular weight is 314 g/mol. The predicted molar refractivity (Wildman–Crippen MR) is 82.1 cm³/mol. The van der Waals surface area contributed by atoms with E-state index >= 15 is 0 Å². The van der Waals surface area contributed by atoms with Gasteiger partial charge in [-0.25, -0.2) is 9.78 Å². The van der Waals surface area contributed by atoms with Crippen molar-refractivity contribution in [2.75, 3.05) is 6.54 Å². The third-order valence-corrected chi connectivity index (χ3v) is 4.23. The number of rotatable bonds is 3. The van der Waals surface area contributed by atoms with Gasteiger partial charge in [0, 0.05) is 12.7 Å². The number of furan rings is 1. The van der Waals surface area contributed by atoms with Crippen LogP contribution in [0.2, 0.25) is 0 Å². The fourth-order valence-electron chi connectivity index (χ4n) is 2.95. The lowest BCUT2D eigenvalue weighted by atomic mass is 9.90. The monoisotopic (exact) mass is 314 g/mol. The summed E-state index contributed by atoms with van der Waals surface area (Å²) in [6.45, 7) is 2.81. The molecular formula is C17H18N2O4. The number of hydrogen-bond acceptors (Lipinski definition) is 4. The Hall–Kier alpha value is -2.63. The summed E-state index contributed by atoms with van der Waals surface area (Å²) in [7, 11) is 0. The van der Waals surface area contributed by atoms with E-state index in [1.54, 1.807) is 11.2 Å². The number of likely N-dealkylation sites (tertiary alicyclic amines) is 1. The van der Waals surface area contributed by atoms with Crippen LogP contribution in [0.25, 0.3) is 0 Å². The van der Waals surface area contributed by atoms with Crippen LogP contribution >= 0.6 is 0 Å². The van der Waals surface area contributed by atoms with Crippen molar-refractivity contribution in [2.45, 2.75) is 25.8 Å². The highest BCUT2D eigenvalue weighted by Gasteiger charge is 2.33. The molecule has 0 bridgehead atoms. The lowest BCUT2D eigenvalue weighted by Crippen LogP contribution is -2.40. The summed E-state index contributed by atoms with van der Waals surface area (Å²) in [6, 6.07) is 6.47. The van der Waals surface area contributed by atoms with Crippen LogP contribution in [0.4, 0.5) is 0 Å². The largest absolute Gasteiger partial charge is 0.477 e. The Balaban J connectivity index is 1.85. The maximum Gasteiger partial charge on any atom is 0.354 e. The molecule has 23 heavy (non-hydrogen) atoms. The number of carbonyl (C=O) groups is 2. The first kappa shape index (κ1) is 15.3. The van der Waals surface area contributed by atoms with Crippen LogP contribution in [-0.4, -0.2) is 33.4 Å². The molecular weight excluding hydrogens is 296 g/mol. The summed E-state index contributed by atoms with van der Waals surface area (Å²) >= 11 is 0. The van der Waals surface area contributed by atoms with Crippen molar-refractivity contribution in [1.82, 2.24) is 9.88 Å². The number of hydrogen-bond donors (Lipinski definition) is 1. The zero-order valence-electron chi connectivity index (χ0n) is 12.8. The van der Waals surface area contributed by atoms with Crippen molar-refractivity contribution in [1.29, 1.82) is 0 Å². The van der Waals surface area contributed by atoms with E-state index in [0.29, 0.717) is 18.0 Å². The van der Waals surface area contributed by atoms with Crippen LogP contribution in [0.15, 0.2) is 41.1 Å². The Kier molecular flexibility index (Phi) is 4.14. The van der Waals surface area contributed by atoms with E-state index in [1.807, 2.05) is 12.1 Å². The number of nitrogens with zero attached hydrogens (tertiary/aromatic N) is 2. The number of carbonyl (C=O) groups excluding carboxylic acids is 1. The number of carboxylic acid groups (broad SMARTS) is 1. The highest BCUT2D eigenvalue weighted by molar-refractivity contribution is 5.95. The molecule has 1 fully saturated rings. The van der Waals surface area contributed by atoms with Gasteiger partial charge in [-0.05, 0) is 43.0 Å². The maximum atomic E-state index is 12.8. The molecule has 1 saturated heterocycles. The van der Waals surface area contributed by atoms with E-state index in [-0.39, 0.29) is 17.6 Å². The molecule has 0 saturated carbocycles. The van der Waals surface area contributed by atoms with Crippen LogP contribution in [0, 0.1) is 5.92 Å². The minimum absolute atomic E-state index is 0.0728. The quantitative estimate of drug-likeness (QED) is 0.941. The van der Waals surface area contributed by atoms with Crippen molar-refractivity contribution in [2.24, 2.45) is 5.92 Å². The zero-order valence-corrected chi connectivity index (χ0v) is 12.8. The van der Waals surface area contributed by atoms with E-state index in [0.717, 1.165) is 18.6 Å². The van der Waals surface area contributed by atoms with E-state index in [4.69, 9.17) is 9.52 Å². The van der Waals surface area contributed by atoms with Gasteiger partial charge in [0.15, 0.2) is 0 Å². The van der Waals surface area contributed by atoms with Gasteiger partial charge >= 0.3 is 5.97 Å². The molecule has 0 aliphatic carbocycles. The SMILES string of the molecule is C[C@@H]1CCN(C(=O)c2ccc(C(=O)O)nc2)[C@@H](c2ccco2)C1. The van der Waals surface area contributed by atoms with Gasteiger partial charge in [0.1, 0.15) is 11.5 Å². The van der Waals surface area contributed by atoms with Gasteiger partial charge < -0.3 is 14.4 Å². The Labute approximate surface area is 133 Å². The van der Waals surface area contributed by atoms with Gasteiger partial charge in [0.05, 0.1) is 17.9 Å². The molecule has 1 amide bonds. The number of pyridine rings is 1. The third-order valence-electron chi connectivity index (χ3n) is 4.23. The molecule has 2 aromatic rings. The predicted octanol–water partition coefficient (Wildman–Crippen LogP) is 2.99. The van der Waals surface area contributed by atoms with Crippen LogP contribution in [0.1, 0.15) is 52.4 Å². The second-order valence-electron chi connectivity index (χ2n) is 5.90. The molecule has 6 nitrogen and oxygen atoms in total. The molecule has 120 valence electrons. The minimum Gasteiger partial charge on any atom is -0.477 e. The summed E-state index contributed by atoms with van der Waals surface area (Å²) in [5, 5.41) is 8.89. The summed E-state index contributed by atoms with van der Waals surface area (Å²) < 4.78 is 5.50. The molecule has 0 spiro atoms. The summed E-state index contributed by atoms with van der Waals surface area (Å²) in [5.74, 6) is 0.0358. The first-order valence-corrected chi connectivity index (χ1v) is 7.60. The fourth-order valence-corrected chi connectivity index (χ4v) is 2.95. The highest BCUT2D eigenvalue weighted by Crippen LogP contribution is 2.35. The molecule has 3 heterocycles. The van der Waals surface area contributed by atoms with Gasteiger partial charge in [0.25, 0.3) is 5.91 Å². The lowest BCUT2D eigenvalue weighted by molar-refractivity contribution is 0.0519. The van der Waals surface area contributed by atoms with Gasteiger partial charge in [-0.3, -0.25) is 4.79 Å². The molecule has 1 N–H and O–H groups in total. The fraction of sp³-hybridized carbons (Fsp3) is 0.353. The zero-order chi connectivity index (χ0) is 16.4. The van der Waals surface area contributed by atoms with Crippen molar-refractivity contribution < 1.29 is 19.1 Å². The average Bonchev–Trinajstić information content (AvgIpc) is 3.08.